The highest BCUT2D eigenvalue weighted by atomic mass is 16.6. The number of ether oxygens (including phenoxy) is 1. The van der Waals surface area contributed by atoms with Crippen LogP contribution in [0.25, 0.3) is 11.0 Å². The molecule has 0 bridgehead atoms. The summed E-state index contributed by atoms with van der Waals surface area (Å²) in [6.07, 6.45) is 0. The van der Waals surface area contributed by atoms with E-state index in [0.29, 0.717) is 22.3 Å². The third-order valence-electron chi connectivity index (χ3n) is 3.52. The summed E-state index contributed by atoms with van der Waals surface area (Å²) in [6.45, 7) is -0.536. The van der Waals surface area contributed by atoms with Crippen molar-refractivity contribution in [1.29, 1.82) is 0 Å². The zero-order chi connectivity index (χ0) is 16.4. The van der Waals surface area contributed by atoms with Crippen molar-refractivity contribution in [1.82, 2.24) is 0 Å². The maximum absolute atomic E-state index is 12.8. The van der Waals surface area contributed by atoms with E-state index in [4.69, 9.17) is 9.15 Å². The summed E-state index contributed by atoms with van der Waals surface area (Å²) >= 11 is 0. The van der Waals surface area contributed by atoms with Crippen LogP contribution in [0.4, 0.5) is 0 Å². The van der Waals surface area contributed by atoms with E-state index in [1.165, 1.54) is 7.11 Å². The van der Waals surface area contributed by atoms with Crippen molar-refractivity contribution in [3.05, 3.63) is 75.5 Å². The molecule has 23 heavy (non-hydrogen) atoms. The van der Waals surface area contributed by atoms with E-state index in [0.717, 1.165) is 0 Å². The number of hydrogen-bond acceptors (Lipinski definition) is 5. The van der Waals surface area contributed by atoms with E-state index >= 15 is 0 Å². The van der Waals surface area contributed by atoms with Crippen LogP contribution in [-0.2, 0) is 6.54 Å². The Hall–Kier alpha value is -3.15. The van der Waals surface area contributed by atoms with Crippen LogP contribution in [0.15, 0.2) is 52.9 Å². The molecule has 0 atom stereocenters. The van der Waals surface area contributed by atoms with Crippen molar-refractivity contribution in [3.8, 4) is 5.75 Å². The number of furan rings is 1. The van der Waals surface area contributed by atoms with Crippen LogP contribution >= 0.6 is 0 Å². The number of nitro groups is 1. The highest BCUT2D eigenvalue weighted by Crippen LogP contribution is 2.29. The van der Waals surface area contributed by atoms with Crippen molar-refractivity contribution >= 4 is 16.8 Å². The highest BCUT2D eigenvalue weighted by molar-refractivity contribution is 6.16. The molecule has 0 spiro atoms. The number of hydrogen-bond donors (Lipinski definition) is 0. The Morgan fingerprint density at radius 3 is 2.52 bits per heavy atom. The molecule has 0 fully saturated rings. The van der Waals surface area contributed by atoms with Gasteiger partial charge in [-0.15, -0.1) is 0 Å². The van der Waals surface area contributed by atoms with E-state index in [-0.39, 0.29) is 17.1 Å². The summed E-state index contributed by atoms with van der Waals surface area (Å²) in [5.74, 6) is 0.385. The van der Waals surface area contributed by atoms with Gasteiger partial charge in [-0.1, -0.05) is 18.2 Å². The maximum Gasteiger partial charge on any atom is 0.261 e. The molecule has 1 heterocycles. The number of methoxy groups -OCH3 is 1. The molecule has 3 aromatic rings. The minimum atomic E-state index is -0.536. The van der Waals surface area contributed by atoms with Crippen molar-refractivity contribution in [3.63, 3.8) is 0 Å². The molecule has 0 radical (unpaired) electrons. The maximum atomic E-state index is 12.8. The van der Waals surface area contributed by atoms with Crippen molar-refractivity contribution in [2.24, 2.45) is 0 Å². The van der Waals surface area contributed by atoms with Gasteiger partial charge in [0.05, 0.1) is 12.7 Å². The Balaban J connectivity index is 2.12. The molecular formula is C17H13NO5. The Morgan fingerprint density at radius 2 is 1.87 bits per heavy atom. The van der Waals surface area contributed by atoms with Crippen LogP contribution in [0.5, 0.6) is 5.75 Å². The predicted molar refractivity (Wildman–Crippen MR) is 83.3 cm³/mol. The third-order valence-corrected chi connectivity index (χ3v) is 3.52. The van der Waals surface area contributed by atoms with E-state index < -0.39 is 11.5 Å². The lowest BCUT2D eigenvalue weighted by molar-refractivity contribution is -0.499. The molecule has 0 aliphatic rings. The molecule has 0 unspecified atom stereocenters. The van der Waals surface area contributed by atoms with E-state index in [9.17, 15) is 14.9 Å². The summed E-state index contributed by atoms with van der Waals surface area (Å²) in [6, 6.07) is 13.5. The van der Waals surface area contributed by atoms with Gasteiger partial charge in [-0.3, -0.25) is 14.9 Å². The molecule has 0 aliphatic heterocycles. The average molecular weight is 311 g/mol. The van der Waals surface area contributed by atoms with Gasteiger partial charge in [0, 0.05) is 15.9 Å². The van der Waals surface area contributed by atoms with E-state index in [1.54, 1.807) is 48.5 Å². The van der Waals surface area contributed by atoms with Crippen molar-refractivity contribution < 1.29 is 18.9 Å². The van der Waals surface area contributed by atoms with Gasteiger partial charge in [-0.2, -0.15) is 0 Å². The van der Waals surface area contributed by atoms with E-state index in [1.807, 2.05) is 0 Å². The Morgan fingerprint density at radius 1 is 1.17 bits per heavy atom. The molecule has 0 saturated heterocycles. The smallest absolute Gasteiger partial charge is 0.261 e. The van der Waals surface area contributed by atoms with Gasteiger partial charge in [-0.05, 0) is 30.3 Å². The topological polar surface area (TPSA) is 82.6 Å². The minimum Gasteiger partial charge on any atom is -0.497 e. The second kappa shape index (κ2) is 5.92. The quantitative estimate of drug-likeness (QED) is 0.409. The normalized spacial score (nSPS) is 10.7. The number of fused-ring (bicyclic) bond motifs is 1. The first kappa shape index (κ1) is 14.8. The minimum absolute atomic E-state index is 0.0667. The number of para-hydroxylation sites is 1. The molecule has 1 aromatic heterocycles. The molecule has 2 aromatic carbocycles. The lowest BCUT2D eigenvalue weighted by Crippen LogP contribution is -2.07. The van der Waals surface area contributed by atoms with Gasteiger partial charge in [0.25, 0.3) is 6.54 Å². The lowest BCUT2D eigenvalue weighted by Gasteiger charge is -2.03. The summed E-state index contributed by atoms with van der Waals surface area (Å²) in [5, 5.41) is 11.4. The number of ketones is 1. The number of rotatable bonds is 5. The molecule has 3 rings (SSSR count). The Kier molecular flexibility index (Phi) is 3.80. The Bertz CT molecular complexity index is 880. The van der Waals surface area contributed by atoms with Crippen LogP contribution in [0.2, 0.25) is 0 Å². The number of carbonyl (C=O) groups is 1. The van der Waals surface area contributed by atoms with Gasteiger partial charge in [0.15, 0.2) is 11.5 Å². The van der Waals surface area contributed by atoms with Gasteiger partial charge in [0.2, 0.25) is 0 Å². The van der Waals surface area contributed by atoms with Crippen LogP contribution in [0.1, 0.15) is 21.7 Å². The molecule has 0 N–H and O–H groups in total. The van der Waals surface area contributed by atoms with Crippen LogP contribution < -0.4 is 4.74 Å². The second-order valence-corrected chi connectivity index (χ2v) is 4.94. The first-order valence-corrected chi connectivity index (χ1v) is 6.91. The van der Waals surface area contributed by atoms with Gasteiger partial charge in [0.1, 0.15) is 11.3 Å². The first-order valence-electron chi connectivity index (χ1n) is 6.91. The average Bonchev–Trinajstić information content (AvgIpc) is 2.91. The fourth-order valence-corrected chi connectivity index (χ4v) is 2.46. The van der Waals surface area contributed by atoms with E-state index in [2.05, 4.69) is 0 Å². The standard InChI is InChI=1S/C17H13NO5/c1-22-12-8-6-11(7-9-12)17(19)16-13-4-2-3-5-14(13)23-15(16)10-18(20)21/h2-9H,10H2,1H3. The van der Waals surface area contributed by atoms with Crippen molar-refractivity contribution in [2.75, 3.05) is 7.11 Å². The molecule has 0 saturated carbocycles. The van der Waals surface area contributed by atoms with Crippen LogP contribution in [-0.4, -0.2) is 17.8 Å². The van der Waals surface area contributed by atoms with Gasteiger partial charge >= 0.3 is 0 Å². The fraction of sp³-hybridized carbons (Fsp3) is 0.118. The third kappa shape index (κ3) is 2.78. The predicted octanol–water partition coefficient (Wildman–Crippen LogP) is 3.45. The summed E-state index contributed by atoms with van der Waals surface area (Å²) in [5.41, 5.74) is 1.12. The summed E-state index contributed by atoms with van der Waals surface area (Å²) in [4.78, 5) is 23.1. The zero-order valence-electron chi connectivity index (χ0n) is 12.3. The summed E-state index contributed by atoms with van der Waals surface area (Å²) in [7, 11) is 1.54. The van der Waals surface area contributed by atoms with Gasteiger partial charge in [-0.25, -0.2) is 0 Å². The zero-order valence-corrected chi connectivity index (χ0v) is 12.3. The molecular weight excluding hydrogens is 298 g/mol. The number of nitrogens with zero attached hydrogens (tertiary/aromatic N) is 1. The lowest BCUT2D eigenvalue weighted by atomic mass is 10.00. The molecule has 0 amide bonds. The number of benzene rings is 2. The molecule has 0 aliphatic carbocycles. The van der Waals surface area contributed by atoms with Crippen molar-refractivity contribution in [2.45, 2.75) is 6.54 Å². The second-order valence-electron chi connectivity index (χ2n) is 4.94. The molecule has 6 nitrogen and oxygen atoms in total. The highest BCUT2D eigenvalue weighted by Gasteiger charge is 2.24. The largest absolute Gasteiger partial charge is 0.497 e. The van der Waals surface area contributed by atoms with Crippen LogP contribution in [0, 0.1) is 10.1 Å². The monoisotopic (exact) mass is 311 g/mol. The van der Waals surface area contributed by atoms with Gasteiger partial charge < -0.3 is 9.15 Å². The fourth-order valence-electron chi connectivity index (χ4n) is 2.46. The SMILES string of the molecule is COc1ccc(C(=O)c2c(C[N+](=O)[O-])oc3ccccc23)cc1. The molecule has 6 heteroatoms. The first-order chi connectivity index (χ1) is 11.1. The Labute approximate surface area is 131 Å². The van der Waals surface area contributed by atoms with Crippen LogP contribution in [0.3, 0.4) is 0 Å². The summed E-state index contributed by atoms with van der Waals surface area (Å²) < 4.78 is 10.6. The number of carbonyl (C=O) groups excluding carboxylic acids is 1. The molecule has 116 valence electrons.